The Hall–Kier alpha value is -0.380. The van der Waals surface area contributed by atoms with E-state index < -0.39 is 6.29 Å². The number of rotatable bonds is 6. The van der Waals surface area contributed by atoms with Gasteiger partial charge in [-0.25, -0.2) is 0 Å². The number of nitrogens with zero attached hydrogens (tertiary/aromatic N) is 1. The Bertz CT molecular complexity index is 129. The molecule has 0 aromatic carbocycles. The summed E-state index contributed by atoms with van der Waals surface area (Å²) in [4.78, 5) is 0. The summed E-state index contributed by atoms with van der Waals surface area (Å²) in [5.41, 5.74) is 0. The molecule has 0 spiro atoms. The molecule has 0 fully saturated rings. The van der Waals surface area contributed by atoms with Crippen molar-refractivity contribution in [2.75, 3.05) is 34.3 Å². The van der Waals surface area contributed by atoms with Crippen molar-refractivity contribution in [1.29, 1.82) is 0 Å². The molecule has 0 aromatic heterocycles. The fraction of sp³-hybridized carbons (Fsp3) is 0.778. The molecule has 3 nitrogen and oxygen atoms in total. The molecule has 0 radical (unpaired) electrons. The van der Waals surface area contributed by atoms with Crippen LogP contribution in [-0.2, 0) is 4.74 Å². The molecule has 1 atom stereocenters. The average Bonchev–Trinajstić information content (AvgIpc) is 1.96. The van der Waals surface area contributed by atoms with Gasteiger partial charge in [0.05, 0.1) is 34.3 Å². The lowest BCUT2D eigenvalue weighted by atomic mass is 10.4. The van der Waals surface area contributed by atoms with Crippen molar-refractivity contribution in [3.8, 4) is 0 Å². The largest absolute Gasteiger partial charge is 0.365 e. The fourth-order valence-electron chi connectivity index (χ4n) is 0.811. The van der Waals surface area contributed by atoms with Crippen molar-refractivity contribution in [2.45, 2.75) is 12.7 Å². The fourth-order valence-corrected chi connectivity index (χ4v) is 0.811. The van der Waals surface area contributed by atoms with Gasteiger partial charge in [-0.15, -0.1) is 0 Å². The first kappa shape index (κ1) is 11.6. The standard InChI is InChI=1S/C9H20NO2/c1-5-9(11)12-8-6-7-10(2,3)4/h5,9,11H,1,6-8H2,2-4H3/q+1. The van der Waals surface area contributed by atoms with Crippen LogP contribution in [0.1, 0.15) is 6.42 Å². The van der Waals surface area contributed by atoms with E-state index in [1.165, 1.54) is 6.08 Å². The monoisotopic (exact) mass is 174 g/mol. The van der Waals surface area contributed by atoms with E-state index in [0.29, 0.717) is 6.61 Å². The van der Waals surface area contributed by atoms with Gasteiger partial charge in [-0.1, -0.05) is 6.58 Å². The van der Waals surface area contributed by atoms with E-state index in [2.05, 4.69) is 27.7 Å². The second kappa shape index (κ2) is 5.30. The molecule has 72 valence electrons. The number of quaternary nitrogens is 1. The van der Waals surface area contributed by atoms with Crippen molar-refractivity contribution in [3.05, 3.63) is 12.7 Å². The summed E-state index contributed by atoms with van der Waals surface area (Å²) in [6.45, 7) is 5.04. The molecule has 1 unspecified atom stereocenters. The normalized spacial score (nSPS) is 14.3. The maximum atomic E-state index is 8.94. The minimum Gasteiger partial charge on any atom is -0.365 e. The summed E-state index contributed by atoms with van der Waals surface area (Å²) in [6.07, 6.45) is 1.53. The predicted octanol–water partition coefficient (Wildman–Crippen LogP) is 0.604. The highest BCUT2D eigenvalue weighted by molar-refractivity contribution is 4.69. The number of ether oxygens (including phenoxy) is 1. The van der Waals surface area contributed by atoms with Gasteiger partial charge in [-0.05, 0) is 6.08 Å². The van der Waals surface area contributed by atoms with Gasteiger partial charge in [-0.2, -0.15) is 0 Å². The Kier molecular flexibility index (Phi) is 5.13. The molecule has 1 N–H and O–H groups in total. The van der Waals surface area contributed by atoms with E-state index in [9.17, 15) is 0 Å². The zero-order chi connectivity index (χ0) is 9.61. The Morgan fingerprint density at radius 1 is 1.50 bits per heavy atom. The zero-order valence-corrected chi connectivity index (χ0v) is 8.29. The molecule has 12 heavy (non-hydrogen) atoms. The molecule has 0 rings (SSSR count). The van der Waals surface area contributed by atoms with Gasteiger partial charge in [-0.3, -0.25) is 0 Å². The van der Waals surface area contributed by atoms with Crippen LogP contribution < -0.4 is 0 Å². The third kappa shape index (κ3) is 7.72. The maximum absolute atomic E-state index is 8.94. The molecule has 0 saturated carbocycles. The minimum absolute atomic E-state index is 0.586. The van der Waals surface area contributed by atoms with E-state index in [1.54, 1.807) is 0 Å². The summed E-state index contributed by atoms with van der Waals surface area (Å²) in [7, 11) is 6.39. The molecule has 0 amide bonds. The van der Waals surface area contributed by atoms with Crippen molar-refractivity contribution >= 4 is 0 Å². The third-order valence-corrected chi connectivity index (χ3v) is 1.46. The van der Waals surface area contributed by atoms with Crippen LogP contribution in [0.25, 0.3) is 0 Å². The molecule has 0 heterocycles. The predicted molar refractivity (Wildman–Crippen MR) is 49.7 cm³/mol. The van der Waals surface area contributed by atoms with Gasteiger partial charge < -0.3 is 14.3 Å². The van der Waals surface area contributed by atoms with E-state index in [4.69, 9.17) is 9.84 Å². The lowest BCUT2D eigenvalue weighted by Crippen LogP contribution is -2.35. The highest BCUT2D eigenvalue weighted by atomic mass is 16.6. The smallest absolute Gasteiger partial charge is 0.173 e. The molecular weight excluding hydrogens is 154 g/mol. The summed E-state index contributed by atoms with van der Waals surface area (Å²) >= 11 is 0. The third-order valence-electron chi connectivity index (χ3n) is 1.46. The molecular formula is C9H20NO2+. The number of aliphatic hydroxyl groups is 1. The van der Waals surface area contributed by atoms with E-state index in [-0.39, 0.29) is 0 Å². The van der Waals surface area contributed by atoms with Crippen LogP contribution in [-0.4, -0.2) is 50.2 Å². The Morgan fingerprint density at radius 3 is 2.50 bits per heavy atom. The van der Waals surface area contributed by atoms with E-state index in [0.717, 1.165) is 17.4 Å². The van der Waals surface area contributed by atoms with Gasteiger partial charge in [0.2, 0.25) is 0 Å². The van der Waals surface area contributed by atoms with Crippen LogP contribution >= 0.6 is 0 Å². The molecule has 0 aromatic rings. The highest BCUT2D eigenvalue weighted by Crippen LogP contribution is 1.95. The first-order valence-electron chi connectivity index (χ1n) is 4.18. The summed E-state index contributed by atoms with van der Waals surface area (Å²) in [5, 5.41) is 8.94. The van der Waals surface area contributed by atoms with Gasteiger partial charge in [0.1, 0.15) is 0 Å². The average molecular weight is 174 g/mol. The first-order valence-corrected chi connectivity index (χ1v) is 4.18. The summed E-state index contributed by atoms with van der Waals surface area (Å²) in [6, 6.07) is 0. The van der Waals surface area contributed by atoms with E-state index in [1.807, 2.05) is 0 Å². The quantitative estimate of drug-likeness (QED) is 0.276. The molecule has 0 saturated heterocycles. The van der Waals surface area contributed by atoms with Crippen molar-refractivity contribution in [2.24, 2.45) is 0 Å². The summed E-state index contributed by atoms with van der Waals surface area (Å²) in [5.74, 6) is 0. The molecule has 0 aliphatic rings. The van der Waals surface area contributed by atoms with Crippen LogP contribution in [0, 0.1) is 0 Å². The summed E-state index contributed by atoms with van der Waals surface area (Å²) < 4.78 is 5.94. The van der Waals surface area contributed by atoms with Crippen LogP contribution in [0.15, 0.2) is 12.7 Å². The van der Waals surface area contributed by atoms with Gasteiger partial charge in [0.15, 0.2) is 6.29 Å². The topological polar surface area (TPSA) is 29.5 Å². The minimum atomic E-state index is -0.808. The lowest BCUT2D eigenvalue weighted by molar-refractivity contribution is -0.870. The Balaban J connectivity index is 3.27. The van der Waals surface area contributed by atoms with Gasteiger partial charge >= 0.3 is 0 Å². The molecule has 0 aliphatic carbocycles. The molecule has 0 bridgehead atoms. The van der Waals surface area contributed by atoms with Gasteiger partial charge in [0, 0.05) is 6.42 Å². The molecule has 3 heteroatoms. The van der Waals surface area contributed by atoms with Crippen LogP contribution in [0.5, 0.6) is 0 Å². The maximum Gasteiger partial charge on any atom is 0.173 e. The Morgan fingerprint density at radius 2 is 2.08 bits per heavy atom. The van der Waals surface area contributed by atoms with Crippen LogP contribution in [0.3, 0.4) is 0 Å². The van der Waals surface area contributed by atoms with E-state index >= 15 is 0 Å². The van der Waals surface area contributed by atoms with Crippen LogP contribution in [0.4, 0.5) is 0 Å². The first-order chi connectivity index (χ1) is 5.45. The zero-order valence-electron chi connectivity index (χ0n) is 8.29. The number of hydrogen-bond acceptors (Lipinski definition) is 2. The van der Waals surface area contributed by atoms with Crippen molar-refractivity contribution in [1.82, 2.24) is 0 Å². The number of aliphatic hydroxyl groups excluding tert-OH is 1. The Labute approximate surface area is 74.8 Å². The van der Waals surface area contributed by atoms with Gasteiger partial charge in [0.25, 0.3) is 0 Å². The molecule has 0 aliphatic heterocycles. The number of hydrogen-bond donors (Lipinski definition) is 1. The van der Waals surface area contributed by atoms with Crippen molar-refractivity contribution in [3.63, 3.8) is 0 Å². The van der Waals surface area contributed by atoms with Crippen molar-refractivity contribution < 1.29 is 14.3 Å². The second-order valence-corrected chi connectivity index (χ2v) is 3.86. The highest BCUT2D eigenvalue weighted by Gasteiger charge is 2.06. The van der Waals surface area contributed by atoms with Crippen LogP contribution in [0.2, 0.25) is 0 Å². The second-order valence-electron chi connectivity index (χ2n) is 3.86. The lowest BCUT2D eigenvalue weighted by Gasteiger charge is -2.23. The SMILES string of the molecule is C=CC(O)OCCC[N+](C)(C)C.